The van der Waals surface area contributed by atoms with Gasteiger partial charge in [-0.15, -0.1) is 0 Å². The Kier molecular flexibility index (Phi) is 1.96. The summed E-state index contributed by atoms with van der Waals surface area (Å²) in [6, 6.07) is 0.253. The Bertz CT molecular complexity index is 357. The number of carbonyl (C=O) groups excluding carboxylic acids is 1. The molecule has 0 spiro atoms. The highest BCUT2D eigenvalue weighted by molar-refractivity contribution is 6.04. The van der Waals surface area contributed by atoms with Crippen molar-refractivity contribution < 1.29 is 9.53 Å². The van der Waals surface area contributed by atoms with E-state index in [1.165, 1.54) is 19.5 Å². The summed E-state index contributed by atoms with van der Waals surface area (Å²) < 4.78 is 4.79. The van der Waals surface area contributed by atoms with Crippen molar-refractivity contribution in [2.45, 2.75) is 18.4 Å². The van der Waals surface area contributed by atoms with Gasteiger partial charge in [0.25, 0.3) is 0 Å². The first-order valence-corrected chi connectivity index (χ1v) is 4.35. The van der Waals surface area contributed by atoms with Crippen molar-refractivity contribution in [3.05, 3.63) is 18.0 Å². The quantitative estimate of drug-likeness (QED) is 0.692. The van der Waals surface area contributed by atoms with Gasteiger partial charge in [-0.2, -0.15) is 0 Å². The maximum absolute atomic E-state index is 11.7. The number of ketones is 1. The standard InChI is InChI=1S/C9H11N3O2/c1-14-8-11-4-6(5-12-8)7(13)9(10)2-3-9/h4-5H,2-3,10H2,1H3. The monoisotopic (exact) mass is 193 g/mol. The third kappa shape index (κ3) is 1.46. The molecule has 0 amide bonds. The number of hydrogen-bond acceptors (Lipinski definition) is 5. The molecule has 0 aromatic carbocycles. The fraction of sp³-hybridized carbons (Fsp3) is 0.444. The summed E-state index contributed by atoms with van der Waals surface area (Å²) in [7, 11) is 1.47. The molecule has 1 aliphatic carbocycles. The molecule has 2 N–H and O–H groups in total. The lowest BCUT2D eigenvalue weighted by atomic mass is 10.1. The first kappa shape index (κ1) is 9.08. The molecule has 1 aromatic rings. The van der Waals surface area contributed by atoms with Gasteiger partial charge in [0.05, 0.1) is 18.2 Å². The average Bonchev–Trinajstić information content (AvgIpc) is 2.97. The van der Waals surface area contributed by atoms with Crippen molar-refractivity contribution in [1.29, 1.82) is 0 Å². The molecule has 1 aromatic heterocycles. The van der Waals surface area contributed by atoms with Crippen LogP contribution in [-0.2, 0) is 0 Å². The minimum absolute atomic E-state index is 0.0832. The molecule has 0 atom stereocenters. The van der Waals surface area contributed by atoms with Crippen LogP contribution in [0.1, 0.15) is 23.2 Å². The number of nitrogens with two attached hydrogens (primary N) is 1. The molecule has 1 fully saturated rings. The number of nitrogens with zero attached hydrogens (tertiary/aromatic N) is 2. The van der Waals surface area contributed by atoms with Gasteiger partial charge in [-0.05, 0) is 12.8 Å². The number of methoxy groups -OCH3 is 1. The zero-order chi connectivity index (χ0) is 10.2. The van der Waals surface area contributed by atoms with Crippen molar-refractivity contribution in [2.24, 2.45) is 5.73 Å². The summed E-state index contributed by atoms with van der Waals surface area (Å²) in [4.78, 5) is 19.4. The van der Waals surface area contributed by atoms with E-state index in [9.17, 15) is 4.79 Å². The van der Waals surface area contributed by atoms with E-state index >= 15 is 0 Å². The SMILES string of the molecule is COc1ncc(C(=O)C2(N)CC2)cn1. The molecule has 14 heavy (non-hydrogen) atoms. The molecule has 1 aliphatic rings. The Hall–Kier alpha value is -1.49. The number of Topliss-reactive ketones (excluding diaryl/α,β-unsaturated/α-hetero) is 1. The smallest absolute Gasteiger partial charge is 0.316 e. The summed E-state index contributed by atoms with van der Waals surface area (Å²) in [6.07, 6.45) is 4.39. The highest BCUT2D eigenvalue weighted by atomic mass is 16.5. The molecule has 1 heterocycles. The van der Waals surface area contributed by atoms with Gasteiger partial charge >= 0.3 is 6.01 Å². The predicted octanol–water partition coefficient (Wildman–Crippen LogP) is 0.159. The largest absolute Gasteiger partial charge is 0.467 e. The Morgan fingerprint density at radius 3 is 2.50 bits per heavy atom. The molecular formula is C9H11N3O2. The third-order valence-corrected chi connectivity index (χ3v) is 2.31. The van der Waals surface area contributed by atoms with Crippen LogP contribution in [0.2, 0.25) is 0 Å². The van der Waals surface area contributed by atoms with Gasteiger partial charge in [-0.1, -0.05) is 0 Å². The molecule has 74 valence electrons. The Morgan fingerprint density at radius 1 is 1.50 bits per heavy atom. The highest BCUT2D eigenvalue weighted by Crippen LogP contribution is 2.35. The zero-order valence-corrected chi connectivity index (χ0v) is 7.86. The van der Waals surface area contributed by atoms with Crippen LogP contribution in [0.4, 0.5) is 0 Å². The van der Waals surface area contributed by atoms with Crippen molar-refractivity contribution in [3.63, 3.8) is 0 Å². The highest BCUT2D eigenvalue weighted by Gasteiger charge is 2.46. The first-order chi connectivity index (χ1) is 6.65. The van der Waals surface area contributed by atoms with Crippen LogP contribution in [0.5, 0.6) is 6.01 Å². The van der Waals surface area contributed by atoms with Crippen LogP contribution >= 0.6 is 0 Å². The van der Waals surface area contributed by atoms with Crippen molar-refractivity contribution in [2.75, 3.05) is 7.11 Å². The van der Waals surface area contributed by atoms with Gasteiger partial charge < -0.3 is 10.5 Å². The van der Waals surface area contributed by atoms with Crippen LogP contribution in [0.15, 0.2) is 12.4 Å². The van der Waals surface area contributed by atoms with E-state index in [0.29, 0.717) is 5.56 Å². The second-order valence-electron chi connectivity index (χ2n) is 3.44. The Labute approximate surface area is 81.3 Å². The fourth-order valence-electron chi connectivity index (χ4n) is 1.19. The minimum Gasteiger partial charge on any atom is -0.467 e. The third-order valence-electron chi connectivity index (χ3n) is 2.31. The van der Waals surface area contributed by atoms with Gasteiger partial charge in [0.1, 0.15) is 0 Å². The Balaban J connectivity index is 2.20. The van der Waals surface area contributed by atoms with Crippen molar-refractivity contribution in [3.8, 4) is 6.01 Å². The van der Waals surface area contributed by atoms with E-state index in [2.05, 4.69) is 9.97 Å². The summed E-state index contributed by atoms with van der Waals surface area (Å²) in [6.45, 7) is 0. The number of aromatic nitrogens is 2. The minimum atomic E-state index is -0.655. The molecule has 0 radical (unpaired) electrons. The lowest BCUT2D eigenvalue weighted by Gasteiger charge is -2.06. The molecule has 0 unspecified atom stereocenters. The zero-order valence-electron chi connectivity index (χ0n) is 7.86. The van der Waals surface area contributed by atoms with Crippen LogP contribution < -0.4 is 10.5 Å². The van der Waals surface area contributed by atoms with E-state index in [1.54, 1.807) is 0 Å². The van der Waals surface area contributed by atoms with E-state index in [-0.39, 0.29) is 11.8 Å². The van der Waals surface area contributed by atoms with Gasteiger partial charge in [0.15, 0.2) is 5.78 Å². The van der Waals surface area contributed by atoms with Gasteiger partial charge in [0, 0.05) is 12.4 Å². The van der Waals surface area contributed by atoms with E-state index in [0.717, 1.165) is 12.8 Å². The molecule has 0 aliphatic heterocycles. The Morgan fingerprint density at radius 2 is 2.07 bits per heavy atom. The van der Waals surface area contributed by atoms with Crippen molar-refractivity contribution in [1.82, 2.24) is 9.97 Å². The normalized spacial score (nSPS) is 17.6. The molecule has 2 rings (SSSR count). The van der Waals surface area contributed by atoms with Crippen LogP contribution in [-0.4, -0.2) is 28.4 Å². The first-order valence-electron chi connectivity index (χ1n) is 4.35. The van der Waals surface area contributed by atoms with Crippen molar-refractivity contribution >= 4 is 5.78 Å². The maximum Gasteiger partial charge on any atom is 0.316 e. The molecule has 1 saturated carbocycles. The predicted molar refractivity (Wildman–Crippen MR) is 49.1 cm³/mol. The molecular weight excluding hydrogens is 182 g/mol. The van der Waals surface area contributed by atoms with Crippen LogP contribution in [0.3, 0.4) is 0 Å². The van der Waals surface area contributed by atoms with E-state index in [4.69, 9.17) is 10.5 Å². The summed E-state index contributed by atoms with van der Waals surface area (Å²) in [5.41, 5.74) is 5.55. The number of carbonyl (C=O) groups is 1. The molecule has 5 heteroatoms. The van der Waals surface area contributed by atoms with E-state index in [1.807, 2.05) is 0 Å². The topological polar surface area (TPSA) is 78.1 Å². The van der Waals surface area contributed by atoms with E-state index < -0.39 is 5.54 Å². The average molecular weight is 193 g/mol. The summed E-state index contributed by atoms with van der Waals surface area (Å²) in [5.74, 6) is -0.0832. The second-order valence-corrected chi connectivity index (χ2v) is 3.44. The van der Waals surface area contributed by atoms with Crippen LogP contribution in [0, 0.1) is 0 Å². The van der Waals surface area contributed by atoms with Gasteiger partial charge in [-0.3, -0.25) is 4.79 Å². The summed E-state index contributed by atoms with van der Waals surface area (Å²) >= 11 is 0. The lowest BCUT2D eigenvalue weighted by Crippen LogP contribution is -2.32. The second kappa shape index (κ2) is 3.02. The molecule has 0 saturated heterocycles. The van der Waals surface area contributed by atoms with Crippen LogP contribution in [0.25, 0.3) is 0 Å². The fourth-order valence-corrected chi connectivity index (χ4v) is 1.19. The summed E-state index contributed by atoms with van der Waals surface area (Å²) in [5, 5.41) is 0. The number of rotatable bonds is 3. The number of ether oxygens (including phenoxy) is 1. The lowest BCUT2D eigenvalue weighted by molar-refractivity contribution is 0.0948. The molecule has 5 nitrogen and oxygen atoms in total. The maximum atomic E-state index is 11.7. The van der Waals surface area contributed by atoms with Gasteiger partial charge in [0.2, 0.25) is 0 Å². The number of hydrogen-bond donors (Lipinski definition) is 1. The van der Waals surface area contributed by atoms with Gasteiger partial charge in [-0.25, -0.2) is 9.97 Å². The molecule has 0 bridgehead atoms.